The molecule has 1 fully saturated rings. The third kappa shape index (κ3) is 3.72. The summed E-state index contributed by atoms with van der Waals surface area (Å²) in [6.07, 6.45) is 2.26. The molecular formula is C10H15NO3. The predicted molar refractivity (Wildman–Crippen MR) is 53.2 cm³/mol. The maximum Gasteiger partial charge on any atom is 0.250 e. The minimum atomic E-state index is -0.176. The number of aryl methyl sites for hydroxylation is 1. The van der Waals surface area contributed by atoms with Crippen molar-refractivity contribution >= 4 is 0 Å². The number of aliphatic hydroxyl groups excluding tert-OH is 1. The van der Waals surface area contributed by atoms with Crippen LogP contribution in [0.25, 0.3) is 0 Å². The summed E-state index contributed by atoms with van der Waals surface area (Å²) in [6, 6.07) is 3.58. The lowest BCUT2D eigenvalue weighted by Gasteiger charge is -1.89. The van der Waals surface area contributed by atoms with Crippen LogP contribution < -0.4 is 5.56 Å². The third-order valence-electron chi connectivity index (χ3n) is 1.92. The number of hydrogen-bond acceptors (Lipinski definition) is 3. The minimum Gasteiger partial charge on any atom is -0.391 e. The zero-order chi connectivity index (χ0) is 10.4. The molecule has 1 aromatic heterocycles. The molecule has 1 aliphatic heterocycles. The van der Waals surface area contributed by atoms with Gasteiger partial charge in [-0.25, -0.2) is 0 Å². The molecule has 1 atom stereocenters. The number of ether oxygens (including phenoxy) is 1. The average Bonchev–Trinajstić information content (AvgIpc) is 2.63. The highest BCUT2D eigenvalue weighted by atomic mass is 16.5. The van der Waals surface area contributed by atoms with E-state index in [1.54, 1.807) is 25.3 Å². The Morgan fingerprint density at radius 2 is 2.43 bits per heavy atom. The van der Waals surface area contributed by atoms with Crippen LogP contribution in [0.1, 0.15) is 12.0 Å². The van der Waals surface area contributed by atoms with Crippen LogP contribution in [0, 0.1) is 6.92 Å². The Balaban J connectivity index is 0.000000146. The third-order valence-corrected chi connectivity index (χ3v) is 1.92. The van der Waals surface area contributed by atoms with Crippen molar-refractivity contribution in [3.63, 3.8) is 0 Å². The van der Waals surface area contributed by atoms with Crippen molar-refractivity contribution in [1.29, 1.82) is 0 Å². The second-order valence-corrected chi connectivity index (χ2v) is 3.20. The Morgan fingerprint density at radius 1 is 1.64 bits per heavy atom. The predicted octanol–water partition coefficient (Wildman–Crippen LogP) is 0.451. The van der Waals surface area contributed by atoms with Gasteiger partial charge >= 0.3 is 0 Å². The van der Waals surface area contributed by atoms with Gasteiger partial charge in [-0.1, -0.05) is 6.07 Å². The van der Waals surface area contributed by atoms with Gasteiger partial charge in [-0.05, 0) is 19.4 Å². The summed E-state index contributed by atoms with van der Waals surface area (Å²) in [5.74, 6) is 0. The molecule has 2 rings (SSSR count). The SMILES string of the molecule is Cc1ccc[nH]c1=O.OC1CCOC1. The van der Waals surface area contributed by atoms with Crippen molar-refractivity contribution in [2.24, 2.45) is 0 Å². The number of aromatic nitrogens is 1. The van der Waals surface area contributed by atoms with Gasteiger partial charge in [0.25, 0.3) is 5.56 Å². The summed E-state index contributed by atoms with van der Waals surface area (Å²) in [6.45, 7) is 3.06. The zero-order valence-corrected chi connectivity index (χ0v) is 8.19. The number of aliphatic hydroxyl groups is 1. The quantitative estimate of drug-likeness (QED) is 0.634. The van der Waals surface area contributed by atoms with E-state index in [0.29, 0.717) is 6.61 Å². The number of nitrogens with one attached hydrogen (secondary N) is 1. The van der Waals surface area contributed by atoms with E-state index in [0.717, 1.165) is 18.6 Å². The lowest BCUT2D eigenvalue weighted by atomic mass is 10.3. The van der Waals surface area contributed by atoms with E-state index in [-0.39, 0.29) is 11.7 Å². The molecule has 1 aromatic rings. The monoisotopic (exact) mass is 197 g/mol. The van der Waals surface area contributed by atoms with Crippen LogP contribution in [-0.4, -0.2) is 29.4 Å². The maximum atomic E-state index is 10.6. The van der Waals surface area contributed by atoms with Crippen molar-refractivity contribution in [2.75, 3.05) is 13.2 Å². The summed E-state index contributed by atoms with van der Waals surface area (Å²) < 4.78 is 4.81. The molecule has 0 radical (unpaired) electrons. The fraction of sp³-hybridized carbons (Fsp3) is 0.500. The van der Waals surface area contributed by atoms with Crippen molar-refractivity contribution in [2.45, 2.75) is 19.4 Å². The molecule has 2 heterocycles. The molecule has 1 unspecified atom stereocenters. The van der Waals surface area contributed by atoms with E-state index in [9.17, 15) is 4.79 Å². The van der Waals surface area contributed by atoms with E-state index >= 15 is 0 Å². The highest BCUT2D eigenvalue weighted by Crippen LogP contribution is 2.00. The molecule has 4 nitrogen and oxygen atoms in total. The fourth-order valence-corrected chi connectivity index (χ4v) is 1.03. The van der Waals surface area contributed by atoms with Gasteiger partial charge in [-0.2, -0.15) is 0 Å². The first-order valence-electron chi connectivity index (χ1n) is 4.60. The molecule has 0 aromatic carbocycles. The van der Waals surface area contributed by atoms with Gasteiger partial charge in [-0.3, -0.25) is 4.79 Å². The lowest BCUT2D eigenvalue weighted by molar-refractivity contribution is 0.127. The van der Waals surface area contributed by atoms with Crippen LogP contribution >= 0.6 is 0 Å². The topological polar surface area (TPSA) is 62.3 Å². The van der Waals surface area contributed by atoms with Crippen LogP contribution in [0.15, 0.2) is 23.1 Å². The number of H-pyrrole nitrogens is 1. The smallest absolute Gasteiger partial charge is 0.250 e. The number of rotatable bonds is 0. The van der Waals surface area contributed by atoms with E-state index < -0.39 is 0 Å². The van der Waals surface area contributed by atoms with Gasteiger partial charge in [-0.15, -0.1) is 0 Å². The molecule has 0 saturated carbocycles. The van der Waals surface area contributed by atoms with Crippen molar-refractivity contribution < 1.29 is 9.84 Å². The van der Waals surface area contributed by atoms with E-state index in [1.807, 2.05) is 0 Å². The molecule has 4 heteroatoms. The average molecular weight is 197 g/mol. The van der Waals surface area contributed by atoms with Crippen LogP contribution in [0.4, 0.5) is 0 Å². The highest BCUT2D eigenvalue weighted by molar-refractivity contribution is 5.05. The molecule has 0 spiro atoms. The molecular weight excluding hydrogens is 182 g/mol. The minimum absolute atomic E-state index is 0.00694. The normalized spacial score (nSPS) is 20.0. The van der Waals surface area contributed by atoms with Crippen molar-refractivity contribution in [3.05, 3.63) is 34.2 Å². The second-order valence-electron chi connectivity index (χ2n) is 3.20. The summed E-state index contributed by atoms with van der Waals surface area (Å²) in [7, 11) is 0. The van der Waals surface area contributed by atoms with Crippen LogP contribution in [0.3, 0.4) is 0 Å². The Bertz CT molecular complexity index is 315. The van der Waals surface area contributed by atoms with Crippen LogP contribution in [0.5, 0.6) is 0 Å². The second kappa shape index (κ2) is 5.57. The van der Waals surface area contributed by atoms with E-state index in [4.69, 9.17) is 9.84 Å². The van der Waals surface area contributed by atoms with Gasteiger partial charge in [0.05, 0.1) is 12.7 Å². The molecule has 1 aliphatic rings. The Morgan fingerprint density at radius 3 is 2.71 bits per heavy atom. The Labute approximate surface area is 82.5 Å². The first-order valence-corrected chi connectivity index (χ1v) is 4.60. The summed E-state index contributed by atoms with van der Waals surface area (Å²) in [4.78, 5) is 13.1. The largest absolute Gasteiger partial charge is 0.391 e. The molecule has 0 aliphatic carbocycles. The zero-order valence-electron chi connectivity index (χ0n) is 8.19. The Hall–Kier alpha value is -1.13. The van der Waals surface area contributed by atoms with Crippen LogP contribution in [0.2, 0.25) is 0 Å². The van der Waals surface area contributed by atoms with Gasteiger partial charge in [0.15, 0.2) is 0 Å². The number of hydrogen-bond donors (Lipinski definition) is 2. The summed E-state index contributed by atoms with van der Waals surface area (Å²) >= 11 is 0. The molecule has 2 N–H and O–H groups in total. The molecule has 78 valence electrons. The first kappa shape index (κ1) is 10.9. The van der Waals surface area contributed by atoms with Gasteiger partial charge in [0, 0.05) is 18.4 Å². The first-order chi connectivity index (χ1) is 6.70. The fourth-order valence-electron chi connectivity index (χ4n) is 1.03. The van der Waals surface area contributed by atoms with Crippen molar-refractivity contribution in [1.82, 2.24) is 4.98 Å². The highest BCUT2D eigenvalue weighted by Gasteiger charge is 2.09. The standard InChI is InChI=1S/C6H7NO.C4H8O2/c1-5-3-2-4-7-6(5)8;5-4-1-2-6-3-4/h2-4H,1H3,(H,7,8);4-5H,1-3H2. The molecule has 0 bridgehead atoms. The van der Waals surface area contributed by atoms with Crippen molar-refractivity contribution in [3.8, 4) is 0 Å². The maximum absolute atomic E-state index is 10.6. The Kier molecular flexibility index (Phi) is 4.35. The molecule has 0 amide bonds. The number of aromatic amines is 1. The summed E-state index contributed by atoms with van der Waals surface area (Å²) in [5.41, 5.74) is 0.750. The lowest BCUT2D eigenvalue weighted by Crippen LogP contribution is -2.06. The van der Waals surface area contributed by atoms with Crippen LogP contribution in [-0.2, 0) is 4.74 Å². The molecule has 14 heavy (non-hydrogen) atoms. The van der Waals surface area contributed by atoms with Gasteiger partial charge in [0.2, 0.25) is 0 Å². The van der Waals surface area contributed by atoms with E-state index in [2.05, 4.69) is 4.98 Å². The van der Waals surface area contributed by atoms with Gasteiger partial charge in [0.1, 0.15) is 0 Å². The summed E-state index contributed by atoms with van der Waals surface area (Å²) in [5, 5.41) is 8.60. The van der Waals surface area contributed by atoms with Gasteiger partial charge < -0.3 is 14.8 Å². The number of pyridine rings is 1. The molecule has 1 saturated heterocycles. The van der Waals surface area contributed by atoms with E-state index in [1.165, 1.54) is 0 Å².